The number of ether oxygens (including phenoxy) is 1. The summed E-state index contributed by atoms with van der Waals surface area (Å²) in [6.45, 7) is -0.459. The number of carboxylic acid groups (broad SMARTS) is 1. The fourth-order valence-corrected chi connectivity index (χ4v) is 1.89. The zero-order valence-electron chi connectivity index (χ0n) is 10.2. The molecule has 1 aliphatic rings. The number of nitrogens with two attached hydrogens (primary N) is 1. The van der Waals surface area contributed by atoms with Gasteiger partial charge in [0.25, 0.3) is 0 Å². The number of aliphatic carboxylic acids is 1. The van der Waals surface area contributed by atoms with Crippen molar-refractivity contribution in [1.29, 1.82) is 5.41 Å². The van der Waals surface area contributed by atoms with Crippen LogP contribution in [0.2, 0.25) is 0 Å². The second kappa shape index (κ2) is 6.94. The van der Waals surface area contributed by atoms with E-state index in [-0.39, 0.29) is 12.3 Å². The van der Waals surface area contributed by atoms with E-state index in [1.165, 1.54) is 0 Å². The van der Waals surface area contributed by atoms with Crippen molar-refractivity contribution < 1.29 is 19.4 Å². The van der Waals surface area contributed by atoms with Gasteiger partial charge >= 0.3 is 5.97 Å². The van der Waals surface area contributed by atoms with E-state index in [4.69, 9.17) is 32.6 Å². The van der Waals surface area contributed by atoms with E-state index in [9.17, 15) is 9.59 Å². The molecular formula is C12H15ClN2O4. The lowest BCUT2D eigenvalue weighted by Crippen LogP contribution is -2.19. The number of primary amides is 1. The maximum Gasteiger partial charge on any atom is 0.341 e. The van der Waals surface area contributed by atoms with E-state index in [0.29, 0.717) is 29.3 Å². The minimum Gasteiger partial charge on any atom is -0.481 e. The van der Waals surface area contributed by atoms with Crippen LogP contribution in [0.4, 0.5) is 0 Å². The number of carbonyl (C=O) groups excluding carboxylic acids is 1. The fraction of sp³-hybridized carbons (Fsp3) is 0.417. The molecule has 0 bridgehead atoms. The van der Waals surface area contributed by atoms with Gasteiger partial charge in [0.15, 0.2) is 6.61 Å². The van der Waals surface area contributed by atoms with Gasteiger partial charge in [0.05, 0.1) is 5.03 Å². The normalized spacial score (nSPS) is 18.3. The van der Waals surface area contributed by atoms with Crippen molar-refractivity contribution in [2.24, 2.45) is 11.7 Å². The van der Waals surface area contributed by atoms with Crippen molar-refractivity contribution in [2.75, 3.05) is 6.61 Å². The molecule has 19 heavy (non-hydrogen) atoms. The molecule has 0 radical (unpaired) electrons. The Morgan fingerprint density at radius 1 is 1.53 bits per heavy atom. The third-order valence-electron chi connectivity index (χ3n) is 2.59. The highest BCUT2D eigenvalue weighted by Gasteiger charge is 2.20. The molecule has 1 unspecified atom stereocenters. The van der Waals surface area contributed by atoms with Crippen LogP contribution in [-0.2, 0) is 14.3 Å². The molecule has 1 amide bonds. The van der Waals surface area contributed by atoms with Crippen LogP contribution in [0.25, 0.3) is 0 Å². The van der Waals surface area contributed by atoms with Gasteiger partial charge in [-0.3, -0.25) is 4.79 Å². The van der Waals surface area contributed by atoms with Crippen molar-refractivity contribution >= 4 is 29.2 Å². The molecular weight excluding hydrogens is 272 g/mol. The lowest BCUT2D eigenvalue weighted by molar-refractivity contribution is -0.140. The van der Waals surface area contributed by atoms with Gasteiger partial charge in [-0.1, -0.05) is 17.7 Å². The molecule has 0 heterocycles. The van der Waals surface area contributed by atoms with Crippen LogP contribution in [0.1, 0.15) is 19.3 Å². The van der Waals surface area contributed by atoms with E-state index < -0.39 is 18.5 Å². The largest absolute Gasteiger partial charge is 0.481 e. The fourth-order valence-electron chi connectivity index (χ4n) is 1.60. The maximum atomic E-state index is 10.6. The molecule has 0 spiro atoms. The first-order valence-corrected chi connectivity index (χ1v) is 6.05. The molecule has 1 aliphatic carbocycles. The number of hydrogen-bond donors (Lipinski definition) is 3. The summed E-state index contributed by atoms with van der Waals surface area (Å²) in [5.41, 5.74) is 5.39. The maximum absolute atomic E-state index is 10.6. The molecule has 1 rings (SSSR count). The summed E-state index contributed by atoms with van der Waals surface area (Å²) < 4.78 is 5.00. The van der Waals surface area contributed by atoms with Crippen LogP contribution < -0.4 is 5.73 Å². The van der Waals surface area contributed by atoms with Crippen molar-refractivity contribution in [2.45, 2.75) is 19.3 Å². The van der Waals surface area contributed by atoms with Crippen molar-refractivity contribution in [3.05, 3.63) is 22.9 Å². The van der Waals surface area contributed by atoms with Crippen LogP contribution in [-0.4, -0.2) is 29.3 Å². The molecule has 0 aromatic heterocycles. The van der Waals surface area contributed by atoms with Crippen LogP contribution in [0.3, 0.4) is 0 Å². The Morgan fingerprint density at radius 3 is 2.74 bits per heavy atom. The summed E-state index contributed by atoms with van der Waals surface area (Å²) in [6.07, 6.45) is 4.06. The van der Waals surface area contributed by atoms with E-state index in [2.05, 4.69) is 0 Å². The van der Waals surface area contributed by atoms with Crippen LogP contribution in [0.15, 0.2) is 22.9 Å². The molecule has 0 saturated heterocycles. The molecule has 104 valence electrons. The number of amides is 1. The number of halogens is 1. The summed E-state index contributed by atoms with van der Waals surface area (Å²) in [7, 11) is 0. The molecule has 4 N–H and O–H groups in total. The van der Waals surface area contributed by atoms with Crippen LogP contribution in [0.5, 0.6) is 0 Å². The predicted molar refractivity (Wildman–Crippen MR) is 69.9 cm³/mol. The topological polar surface area (TPSA) is 113 Å². The number of allylic oxidation sites excluding steroid dienone is 3. The first-order valence-electron chi connectivity index (χ1n) is 5.67. The molecule has 0 aromatic carbocycles. The summed E-state index contributed by atoms with van der Waals surface area (Å²) in [4.78, 5) is 21.0. The van der Waals surface area contributed by atoms with Crippen LogP contribution >= 0.6 is 11.6 Å². The Hall–Kier alpha value is -1.82. The summed E-state index contributed by atoms with van der Waals surface area (Å²) >= 11 is 5.99. The van der Waals surface area contributed by atoms with Gasteiger partial charge in [-0.15, -0.1) is 0 Å². The second-order valence-electron chi connectivity index (χ2n) is 4.11. The molecule has 0 aromatic rings. The van der Waals surface area contributed by atoms with E-state index in [0.717, 1.165) is 0 Å². The third kappa shape index (κ3) is 5.13. The molecule has 0 saturated carbocycles. The minimum atomic E-state index is -1.08. The summed E-state index contributed by atoms with van der Waals surface area (Å²) in [5.74, 6) is -1.43. The first-order chi connectivity index (χ1) is 8.90. The average Bonchev–Trinajstić information content (AvgIpc) is 2.34. The van der Waals surface area contributed by atoms with Crippen molar-refractivity contribution in [3.8, 4) is 0 Å². The lowest BCUT2D eigenvalue weighted by atomic mass is 9.92. The van der Waals surface area contributed by atoms with Gasteiger partial charge in [0.2, 0.25) is 5.91 Å². The van der Waals surface area contributed by atoms with Gasteiger partial charge in [0.1, 0.15) is 5.76 Å². The Kier molecular flexibility index (Phi) is 5.57. The molecule has 1 atom stereocenters. The number of carbonyl (C=O) groups is 2. The van der Waals surface area contributed by atoms with Gasteiger partial charge < -0.3 is 21.0 Å². The van der Waals surface area contributed by atoms with Gasteiger partial charge in [0, 0.05) is 18.1 Å². The van der Waals surface area contributed by atoms with E-state index in [1.54, 1.807) is 12.2 Å². The highest BCUT2D eigenvalue weighted by atomic mass is 35.5. The smallest absolute Gasteiger partial charge is 0.341 e. The number of rotatable bonds is 7. The Morgan fingerprint density at radius 2 is 2.21 bits per heavy atom. The molecule has 7 heteroatoms. The highest BCUT2D eigenvalue weighted by molar-refractivity contribution is 6.30. The van der Waals surface area contributed by atoms with Gasteiger partial charge in [-0.25, -0.2) is 4.79 Å². The zero-order chi connectivity index (χ0) is 14.4. The quantitative estimate of drug-likeness (QED) is 0.614. The first kappa shape index (κ1) is 15.2. The zero-order valence-corrected chi connectivity index (χ0v) is 10.9. The number of carboxylic acids is 1. The monoisotopic (exact) mass is 286 g/mol. The van der Waals surface area contributed by atoms with Crippen molar-refractivity contribution in [1.82, 2.24) is 0 Å². The highest BCUT2D eigenvalue weighted by Crippen LogP contribution is 2.28. The van der Waals surface area contributed by atoms with Gasteiger partial charge in [-0.05, 0) is 18.9 Å². The van der Waals surface area contributed by atoms with Gasteiger partial charge in [-0.2, -0.15) is 0 Å². The number of hydrogen-bond acceptors (Lipinski definition) is 4. The Balaban J connectivity index is 2.53. The standard InChI is InChI=1S/C12H15ClN2O4/c13-8-5-7(9(14)2-4-11(15)16)1-3-10(8)19-6-12(17)18/h1,3,7,14H,2,4-6H2,(H2,15,16)(H,17,18). The molecule has 6 nitrogen and oxygen atoms in total. The SMILES string of the molecule is N=C(CCC(N)=O)C1C=CC(OCC(=O)O)=C(Cl)C1. The van der Waals surface area contributed by atoms with Crippen molar-refractivity contribution in [3.63, 3.8) is 0 Å². The molecule has 0 fully saturated rings. The second-order valence-corrected chi connectivity index (χ2v) is 4.57. The third-order valence-corrected chi connectivity index (χ3v) is 2.93. The molecule has 0 aliphatic heterocycles. The minimum absolute atomic E-state index is 0.132. The summed E-state index contributed by atoms with van der Waals surface area (Å²) in [5, 5.41) is 16.7. The summed E-state index contributed by atoms with van der Waals surface area (Å²) in [6, 6.07) is 0. The van der Waals surface area contributed by atoms with E-state index >= 15 is 0 Å². The predicted octanol–water partition coefficient (Wildman–Crippen LogP) is 1.40. The van der Waals surface area contributed by atoms with E-state index in [1.807, 2.05) is 0 Å². The Labute approximate surface area is 115 Å². The lowest BCUT2D eigenvalue weighted by Gasteiger charge is -2.19. The average molecular weight is 287 g/mol. The Bertz CT molecular complexity index is 457. The van der Waals surface area contributed by atoms with Crippen LogP contribution in [0, 0.1) is 11.3 Å². The number of nitrogens with one attached hydrogen (secondary N) is 1.